The van der Waals surface area contributed by atoms with Crippen LogP contribution in [0.2, 0.25) is 0 Å². The van der Waals surface area contributed by atoms with Gasteiger partial charge in [0.15, 0.2) is 0 Å². The second-order valence-corrected chi connectivity index (χ2v) is 9.40. The Balaban J connectivity index is 1.37. The lowest BCUT2D eigenvalue weighted by atomic mass is 9.72. The summed E-state index contributed by atoms with van der Waals surface area (Å²) >= 11 is 0. The van der Waals surface area contributed by atoms with E-state index in [9.17, 15) is 0 Å². The van der Waals surface area contributed by atoms with Crippen LogP contribution in [0.1, 0.15) is 25.0 Å². The van der Waals surface area contributed by atoms with Gasteiger partial charge in [0, 0.05) is 24.6 Å². The molecule has 212 valence electrons. The Bertz CT molecular complexity index is 1240. The fraction of sp³-hybridized carbons (Fsp3) is 0.250. The molecule has 0 aliphatic rings. The summed E-state index contributed by atoms with van der Waals surface area (Å²) in [4.78, 5) is 0. The normalized spacial score (nSPS) is 10.6. The van der Waals surface area contributed by atoms with Crippen LogP contribution in [-0.2, 0) is 27.3 Å². The molecule has 7 nitrogen and oxygen atoms in total. The largest absolute Gasteiger partial charge is 0.497 e. The monoisotopic (exact) mass is 552 g/mol. The molecule has 0 aromatic heterocycles. The Morgan fingerprint density at radius 3 is 1.34 bits per heavy atom. The molecule has 0 amide bonds. The SMILES string of the molecule is CCOB(Nc1ccc(OC)cc1)c1cccc(COCc2cccc(B(Nc3ccc(OC)cc3)OCC)c2)c1. The minimum absolute atomic E-state index is 0.279. The number of methoxy groups -OCH3 is 2. The molecular formula is C32H38B2N2O5. The number of ether oxygens (including phenoxy) is 3. The van der Waals surface area contributed by atoms with Crippen molar-refractivity contribution < 1.29 is 23.5 Å². The van der Waals surface area contributed by atoms with Crippen LogP contribution in [0.5, 0.6) is 11.5 Å². The number of hydrogen-bond acceptors (Lipinski definition) is 7. The third kappa shape index (κ3) is 9.05. The van der Waals surface area contributed by atoms with Crippen molar-refractivity contribution >= 4 is 36.4 Å². The fourth-order valence-corrected chi connectivity index (χ4v) is 4.43. The van der Waals surface area contributed by atoms with E-state index in [1.807, 2.05) is 74.5 Å². The highest BCUT2D eigenvalue weighted by Crippen LogP contribution is 2.17. The predicted molar refractivity (Wildman–Crippen MR) is 169 cm³/mol. The van der Waals surface area contributed by atoms with Gasteiger partial charge in [0.05, 0.1) is 27.4 Å². The van der Waals surface area contributed by atoms with Gasteiger partial charge in [-0.1, -0.05) is 48.5 Å². The van der Waals surface area contributed by atoms with E-state index in [1.54, 1.807) is 14.2 Å². The van der Waals surface area contributed by atoms with Crippen molar-refractivity contribution in [2.24, 2.45) is 0 Å². The molecule has 0 heterocycles. The van der Waals surface area contributed by atoms with Crippen LogP contribution < -0.4 is 30.9 Å². The molecule has 0 unspecified atom stereocenters. The van der Waals surface area contributed by atoms with Crippen LogP contribution in [0.4, 0.5) is 11.4 Å². The second-order valence-electron chi connectivity index (χ2n) is 9.40. The zero-order valence-electron chi connectivity index (χ0n) is 24.3. The maximum absolute atomic E-state index is 6.13. The molecular weight excluding hydrogens is 514 g/mol. The molecule has 0 saturated heterocycles. The lowest BCUT2D eigenvalue weighted by Gasteiger charge is -2.18. The minimum atomic E-state index is -0.279. The number of nitrogens with one attached hydrogen (secondary N) is 2. The molecule has 0 aliphatic heterocycles. The van der Waals surface area contributed by atoms with Crippen LogP contribution in [0.15, 0.2) is 97.1 Å². The van der Waals surface area contributed by atoms with E-state index in [-0.39, 0.29) is 14.1 Å². The molecule has 0 radical (unpaired) electrons. The minimum Gasteiger partial charge on any atom is -0.497 e. The zero-order chi connectivity index (χ0) is 28.9. The standard InChI is InChI=1S/C32H38B2N2O5/c1-5-40-33(35-29-13-17-31(37-3)18-14-29)27-11-7-9-25(21-27)23-39-24-26-10-8-12-28(22-26)34(41-6-2)36-30-15-19-32(38-4)20-16-30/h7-22,35-36H,5-6,23-24H2,1-4H3. The first-order chi connectivity index (χ1) is 20.1. The Kier molecular flexibility index (Phi) is 11.6. The first-order valence-electron chi connectivity index (χ1n) is 13.9. The van der Waals surface area contributed by atoms with E-state index >= 15 is 0 Å². The van der Waals surface area contributed by atoms with Crippen LogP contribution >= 0.6 is 0 Å². The Hall–Kier alpha value is -3.91. The van der Waals surface area contributed by atoms with Gasteiger partial charge in [0.2, 0.25) is 0 Å². The molecule has 9 heteroatoms. The van der Waals surface area contributed by atoms with Crippen LogP contribution in [0.25, 0.3) is 0 Å². The van der Waals surface area contributed by atoms with Gasteiger partial charge in [-0.05, 0) is 84.4 Å². The average Bonchev–Trinajstić information content (AvgIpc) is 3.02. The number of benzene rings is 4. The fourth-order valence-electron chi connectivity index (χ4n) is 4.43. The summed E-state index contributed by atoms with van der Waals surface area (Å²) in [6.45, 7) is 6.12. The maximum atomic E-state index is 6.13. The zero-order valence-corrected chi connectivity index (χ0v) is 24.3. The lowest BCUT2D eigenvalue weighted by Crippen LogP contribution is -2.42. The molecule has 4 aromatic carbocycles. The first kappa shape index (κ1) is 30.1. The Morgan fingerprint density at radius 1 is 0.561 bits per heavy atom. The molecule has 0 aliphatic carbocycles. The van der Waals surface area contributed by atoms with Crippen molar-refractivity contribution in [3.8, 4) is 11.5 Å². The third-order valence-corrected chi connectivity index (χ3v) is 6.49. The van der Waals surface area contributed by atoms with Gasteiger partial charge < -0.3 is 34.0 Å². The van der Waals surface area contributed by atoms with Crippen molar-refractivity contribution in [3.05, 3.63) is 108 Å². The summed E-state index contributed by atoms with van der Waals surface area (Å²) in [7, 11) is 2.76. The van der Waals surface area contributed by atoms with Gasteiger partial charge >= 0.3 is 14.1 Å². The molecule has 0 bridgehead atoms. The van der Waals surface area contributed by atoms with Gasteiger partial charge in [0.1, 0.15) is 11.5 Å². The van der Waals surface area contributed by atoms with E-state index in [2.05, 4.69) is 46.9 Å². The van der Waals surface area contributed by atoms with E-state index in [0.717, 1.165) is 44.9 Å². The van der Waals surface area contributed by atoms with Crippen LogP contribution in [-0.4, -0.2) is 41.5 Å². The van der Waals surface area contributed by atoms with Gasteiger partial charge in [-0.3, -0.25) is 0 Å². The predicted octanol–water partition coefficient (Wildman–Crippen LogP) is 5.11. The van der Waals surface area contributed by atoms with E-state index in [4.69, 9.17) is 23.5 Å². The van der Waals surface area contributed by atoms with E-state index < -0.39 is 0 Å². The molecule has 2 N–H and O–H groups in total. The van der Waals surface area contributed by atoms with Crippen molar-refractivity contribution in [1.29, 1.82) is 0 Å². The average molecular weight is 552 g/mol. The van der Waals surface area contributed by atoms with Crippen molar-refractivity contribution in [2.75, 3.05) is 37.9 Å². The molecule has 0 atom stereocenters. The maximum Gasteiger partial charge on any atom is 0.449 e. The summed E-state index contributed by atoms with van der Waals surface area (Å²) < 4.78 is 28.7. The molecule has 4 aromatic rings. The molecule has 0 fully saturated rings. The molecule has 4 rings (SSSR count). The lowest BCUT2D eigenvalue weighted by molar-refractivity contribution is 0.107. The van der Waals surface area contributed by atoms with Crippen molar-refractivity contribution in [1.82, 2.24) is 0 Å². The molecule has 0 spiro atoms. The topological polar surface area (TPSA) is 70.2 Å². The third-order valence-electron chi connectivity index (χ3n) is 6.49. The second kappa shape index (κ2) is 15.8. The highest BCUT2D eigenvalue weighted by atomic mass is 16.5. The molecule has 0 saturated carbocycles. The summed E-state index contributed by atoms with van der Waals surface area (Å²) in [6, 6.07) is 32.2. The highest BCUT2D eigenvalue weighted by molar-refractivity contribution is 6.71. The Morgan fingerprint density at radius 2 is 0.976 bits per heavy atom. The molecule has 41 heavy (non-hydrogen) atoms. The van der Waals surface area contributed by atoms with Gasteiger partial charge in [0.25, 0.3) is 0 Å². The van der Waals surface area contributed by atoms with E-state index in [1.165, 1.54) is 0 Å². The summed E-state index contributed by atoms with van der Waals surface area (Å²) in [6.07, 6.45) is 0. The van der Waals surface area contributed by atoms with Crippen LogP contribution in [0, 0.1) is 0 Å². The smallest absolute Gasteiger partial charge is 0.449 e. The summed E-state index contributed by atoms with van der Waals surface area (Å²) in [5.41, 5.74) is 6.14. The number of rotatable bonds is 16. The van der Waals surface area contributed by atoms with Gasteiger partial charge in [-0.15, -0.1) is 0 Å². The van der Waals surface area contributed by atoms with Crippen LogP contribution in [0.3, 0.4) is 0 Å². The summed E-state index contributed by atoms with van der Waals surface area (Å²) in [5, 5.41) is 6.93. The van der Waals surface area contributed by atoms with Gasteiger partial charge in [-0.25, -0.2) is 0 Å². The van der Waals surface area contributed by atoms with Gasteiger partial charge in [-0.2, -0.15) is 0 Å². The number of hydrogen-bond donors (Lipinski definition) is 2. The summed E-state index contributed by atoms with van der Waals surface area (Å²) in [5.74, 6) is 1.63. The van der Waals surface area contributed by atoms with Crippen molar-refractivity contribution in [3.63, 3.8) is 0 Å². The highest BCUT2D eigenvalue weighted by Gasteiger charge is 2.21. The first-order valence-corrected chi connectivity index (χ1v) is 13.9. The quantitative estimate of drug-likeness (QED) is 0.187. The Labute approximate surface area is 244 Å². The number of anilines is 2. The van der Waals surface area contributed by atoms with Crippen molar-refractivity contribution in [2.45, 2.75) is 27.1 Å². The van der Waals surface area contributed by atoms with E-state index in [0.29, 0.717) is 26.4 Å².